The Labute approximate surface area is 103 Å². The Morgan fingerprint density at radius 2 is 2.50 bits per heavy atom. The monoisotopic (exact) mass is 238 g/mol. The average Bonchev–Trinajstić information content (AvgIpc) is 2.89. The van der Waals surface area contributed by atoms with Gasteiger partial charge in [-0.3, -0.25) is 4.90 Å². The highest BCUT2D eigenvalue weighted by molar-refractivity contribution is 7.09. The molecule has 2 atom stereocenters. The molecule has 1 aliphatic rings. The number of thiophene rings is 1. The molecule has 2 nitrogen and oxygen atoms in total. The predicted molar refractivity (Wildman–Crippen MR) is 70.8 cm³/mol. The highest BCUT2D eigenvalue weighted by Crippen LogP contribution is 2.17. The maximum atomic E-state index is 3.55. The third-order valence-corrected chi connectivity index (χ3v) is 4.27. The van der Waals surface area contributed by atoms with E-state index in [0.29, 0.717) is 6.04 Å². The van der Waals surface area contributed by atoms with Crippen LogP contribution in [-0.4, -0.2) is 30.6 Å². The second kappa shape index (κ2) is 5.80. The molecule has 2 rings (SSSR count). The van der Waals surface area contributed by atoms with Crippen LogP contribution in [0.15, 0.2) is 17.5 Å². The maximum absolute atomic E-state index is 3.55. The topological polar surface area (TPSA) is 15.3 Å². The summed E-state index contributed by atoms with van der Waals surface area (Å²) in [5.41, 5.74) is 0. The van der Waals surface area contributed by atoms with E-state index in [2.05, 4.69) is 41.6 Å². The Hall–Kier alpha value is -0.380. The molecular formula is C13H22N2S. The Morgan fingerprint density at radius 1 is 1.62 bits per heavy atom. The predicted octanol–water partition coefficient (Wildman–Crippen LogP) is 2.57. The van der Waals surface area contributed by atoms with E-state index in [4.69, 9.17) is 0 Å². The minimum Gasteiger partial charge on any atom is -0.310 e. The lowest BCUT2D eigenvalue weighted by Gasteiger charge is -2.24. The molecular weight excluding hydrogens is 216 g/mol. The van der Waals surface area contributed by atoms with Crippen LogP contribution in [0.4, 0.5) is 0 Å². The smallest absolute Gasteiger partial charge is 0.0300 e. The number of nitrogens with one attached hydrogen (secondary N) is 1. The molecule has 16 heavy (non-hydrogen) atoms. The van der Waals surface area contributed by atoms with Crippen molar-refractivity contribution in [2.45, 2.75) is 32.9 Å². The molecule has 3 heteroatoms. The molecule has 0 saturated carbocycles. The van der Waals surface area contributed by atoms with Gasteiger partial charge in [0.05, 0.1) is 0 Å². The summed E-state index contributed by atoms with van der Waals surface area (Å²) in [7, 11) is 0. The molecule has 1 aromatic heterocycles. The average molecular weight is 238 g/mol. The number of likely N-dealkylation sites (tertiary alicyclic amines) is 1. The van der Waals surface area contributed by atoms with Crippen molar-refractivity contribution in [2.24, 2.45) is 5.92 Å². The van der Waals surface area contributed by atoms with Gasteiger partial charge in [-0.1, -0.05) is 13.0 Å². The highest BCUT2D eigenvalue weighted by atomic mass is 32.1. The van der Waals surface area contributed by atoms with Crippen molar-refractivity contribution >= 4 is 11.3 Å². The summed E-state index contributed by atoms with van der Waals surface area (Å²) in [4.78, 5) is 4.04. The summed E-state index contributed by atoms with van der Waals surface area (Å²) in [6.07, 6.45) is 1.37. The van der Waals surface area contributed by atoms with Crippen LogP contribution in [-0.2, 0) is 6.54 Å². The number of nitrogens with zero attached hydrogens (tertiary/aromatic N) is 1. The van der Waals surface area contributed by atoms with Crippen LogP contribution >= 0.6 is 11.3 Å². The van der Waals surface area contributed by atoms with Crippen LogP contribution < -0.4 is 5.32 Å². The molecule has 1 aromatic rings. The lowest BCUT2D eigenvalue weighted by Crippen LogP contribution is -2.38. The second-order valence-corrected chi connectivity index (χ2v) is 5.98. The van der Waals surface area contributed by atoms with Crippen LogP contribution in [0.3, 0.4) is 0 Å². The number of rotatable bonds is 5. The zero-order chi connectivity index (χ0) is 11.4. The zero-order valence-corrected chi connectivity index (χ0v) is 11.1. The fraction of sp³-hybridized carbons (Fsp3) is 0.692. The molecule has 1 aliphatic heterocycles. The van der Waals surface area contributed by atoms with Crippen molar-refractivity contribution in [3.05, 3.63) is 22.4 Å². The van der Waals surface area contributed by atoms with Crippen LogP contribution in [0.1, 0.15) is 25.1 Å². The van der Waals surface area contributed by atoms with Gasteiger partial charge in [0.1, 0.15) is 0 Å². The number of hydrogen-bond acceptors (Lipinski definition) is 3. The molecule has 0 amide bonds. The molecule has 0 radical (unpaired) electrons. The van der Waals surface area contributed by atoms with Crippen LogP contribution in [0.25, 0.3) is 0 Å². The Balaban J connectivity index is 1.66. The van der Waals surface area contributed by atoms with Crippen molar-refractivity contribution in [1.82, 2.24) is 10.2 Å². The Kier molecular flexibility index (Phi) is 4.38. The summed E-state index contributed by atoms with van der Waals surface area (Å²) >= 11 is 1.83. The van der Waals surface area contributed by atoms with E-state index in [1.165, 1.54) is 24.4 Å². The Bertz CT molecular complexity index is 297. The quantitative estimate of drug-likeness (QED) is 0.848. The zero-order valence-electron chi connectivity index (χ0n) is 10.3. The maximum Gasteiger partial charge on any atom is 0.0300 e. The van der Waals surface area contributed by atoms with Gasteiger partial charge in [0.2, 0.25) is 0 Å². The van der Waals surface area contributed by atoms with Gasteiger partial charge in [0, 0.05) is 30.6 Å². The summed E-state index contributed by atoms with van der Waals surface area (Å²) in [5.74, 6) is 0.889. The van der Waals surface area contributed by atoms with Gasteiger partial charge in [0.15, 0.2) is 0 Å². The van der Waals surface area contributed by atoms with Gasteiger partial charge in [-0.15, -0.1) is 11.3 Å². The third-order valence-electron chi connectivity index (χ3n) is 3.40. The van der Waals surface area contributed by atoms with E-state index in [0.717, 1.165) is 19.0 Å². The van der Waals surface area contributed by atoms with E-state index in [9.17, 15) is 0 Å². The third kappa shape index (κ3) is 3.30. The molecule has 0 bridgehead atoms. The van der Waals surface area contributed by atoms with E-state index < -0.39 is 0 Å². The van der Waals surface area contributed by atoms with E-state index >= 15 is 0 Å². The van der Waals surface area contributed by atoms with Crippen molar-refractivity contribution in [3.8, 4) is 0 Å². The standard InChI is InChI=1S/C13H22N2S/c1-11-5-6-15(10-11)12(2)8-14-9-13-4-3-7-16-13/h3-4,7,11-12,14H,5-6,8-10H2,1-2H3. The van der Waals surface area contributed by atoms with Gasteiger partial charge >= 0.3 is 0 Å². The molecule has 2 unspecified atom stereocenters. The van der Waals surface area contributed by atoms with Crippen molar-refractivity contribution < 1.29 is 0 Å². The van der Waals surface area contributed by atoms with E-state index in [1.807, 2.05) is 11.3 Å². The minimum atomic E-state index is 0.671. The number of hydrogen-bond donors (Lipinski definition) is 1. The minimum absolute atomic E-state index is 0.671. The largest absolute Gasteiger partial charge is 0.310 e. The molecule has 1 N–H and O–H groups in total. The Morgan fingerprint density at radius 3 is 3.12 bits per heavy atom. The molecule has 2 heterocycles. The van der Waals surface area contributed by atoms with Crippen molar-refractivity contribution in [2.75, 3.05) is 19.6 Å². The molecule has 0 aliphatic carbocycles. The second-order valence-electron chi connectivity index (χ2n) is 4.95. The highest BCUT2D eigenvalue weighted by Gasteiger charge is 2.22. The van der Waals surface area contributed by atoms with Crippen molar-refractivity contribution in [1.29, 1.82) is 0 Å². The summed E-state index contributed by atoms with van der Waals surface area (Å²) in [6.45, 7) is 9.37. The van der Waals surface area contributed by atoms with Crippen LogP contribution in [0, 0.1) is 5.92 Å². The van der Waals surface area contributed by atoms with Gasteiger partial charge in [-0.05, 0) is 37.3 Å². The lowest BCUT2D eigenvalue weighted by molar-refractivity contribution is 0.244. The SMILES string of the molecule is CC1CCN(C(C)CNCc2cccs2)C1. The first kappa shape index (κ1) is 12.1. The van der Waals surface area contributed by atoms with Crippen molar-refractivity contribution in [3.63, 3.8) is 0 Å². The first-order valence-corrected chi connectivity index (χ1v) is 7.11. The van der Waals surface area contributed by atoms with Gasteiger partial charge in [-0.2, -0.15) is 0 Å². The van der Waals surface area contributed by atoms with Gasteiger partial charge in [0.25, 0.3) is 0 Å². The lowest BCUT2D eigenvalue weighted by atomic mass is 10.2. The van der Waals surface area contributed by atoms with Crippen LogP contribution in [0.5, 0.6) is 0 Å². The molecule has 0 aromatic carbocycles. The summed E-state index contributed by atoms with van der Waals surface area (Å²) < 4.78 is 0. The molecule has 0 spiro atoms. The normalized spacial score (nSPS) is 23.8. The van der Waals surface area contributed by atoms with Crippen LogP contribution in [0.2, 0.25) is 0 Å². The summed E-state index contributed by atoms with van der Waals surface area (Å²) in [6, 6.07) is 4.98. The van der Waals surface area contributed by atoms with E-state index in [1.54, 1.807) is 0 Å². The van der Waals surface area contributed by atoms with Gasteiger partial charge in [-0.25, -0.2) is 0 Å². The summed E-state index contributed by atoms with van der Waals surface area (Å²) in [5, 5.41) is 5.69. The first-order valence-electron chi connectivity index (χ1n) is 6.23. The van der Waals surface area contributed by atoms with Gasteiger partial charge < -0.3 is 5.32 Å². The fourth-order valence-electron chi connectivity index (χ4n) is 2.32. The molecule has 1 fully saturated rings. The first-order chi connectivity index (χ1) is 7.75. The fourth-order valence-corrected chi connectivity index (χ4v) is 2.99. The molecule has 1 saturated heterocycles. The molecule has 90 valence electrons. The van der Waals surface area contributed by atoms with E-state index in [-0.39, 0.29) is 0 Å².